The molecule has 2 amide bonds. The van der Waals surface area contributed by atoms with Gasteiger partial charge in [0.1, 0.15) is 23.5 Å². The number of carbonyl (C=O) groups excluding carboxylic acids is 2. The zero-order valence-corrected chi connectivity index (χ0v) is 21.7. The molecule has 2 bridgehead atoms. The predicted octanol–water partition coefficient (Wildman–Crippen LogP) is 4.15. The molecule has 1 saturated heterocycles. The van der Waals surface area contributed by atoms with Crippen molar-refractivity contribution in [1.82, 2.24) is 15.2 Å². The third kappa shape index (κ3) is 5.62. The lowest BCUT2D eigenvalue weighted by molar-refractivity contribution is -0.128. The Labute approximate surface area is 213 Å². The average molecular weight is 490 g/mol. The molecule has 0 radical (unpaired) electrons. The van der Waals surface area contributed by atoms with Crippen molar-refractivity contribution in [3.8, 4) is 17.2 Å². The van der Waals surface area contributed by atoms with Crippen LogP contribution in [0.15, 0.2) is 42.6 Å². The van der Waals surface area contributed by atoms with Crippen molar-refractivity contribution >= 4 is 17.8 Å². The summed E-state index contributed by atoms with van der Waals surface area (Å²) in [6.07, 6.45) is 4.37. The fourth-order valence-electron chi connectivity index (χ4n) is 5.18. The van der Waals surface area contributed by atoms with E-state index in [1.54, 1.807) is 4.90 Å². The smallest absolute Gasteiger partial charge is 0.411 e. The minimum atomic E-state index is -0.691. The molecule has 2 aromatic rings. The molecule has 1 N–H and O–H groups in total. The molecule has 4 rings (SSSR count). The van der Waals surface area contributed by atoms with Gasteiger partial charge in [0.05, 0.1) is 6.07 Å². The Kier molecular flexibility index (Phi) is 7.21. The minimum absolute atomic E-state index is 0.0231. The third-order valence-electron chi connectivity index (χ3n) is 6.86. The number of amides is 2. The summed E-state index contributed by atoms with van der Waals surface area (Å²) in [5.74, 6) is 0.723. The van der Waals surface area contributed by atoms with Gasteiger partial charge in [-0.05, 0) is 69.2 Å². The molecule has 2 heterocycles. The number of likely N-dealkylation sites (tertiary alicyclic amines) is 1. The molecule has 36 heavy (non-hydrogen) atoms. The van der Waals surface area contributed by atoms with Crippen LogP contribution in [0.1, 0.15) is 45.6 Å². The maximum atomic E-state index is 13.3. The Balaban J connectivity index is 1.40. The van der Waals surface area contributed by atoms with Gasteiger partial charge in [-0.15, -0.1) is 0 Å². The van der Waals surface area contributed by atoms with Gasteiger partial charge in [-0.1, -0.05) is 24.3 Å². The van der Waals surface area contributed by atoms with E-state index < -0.39 is 23.8 Å². The molecule has 8 heteroatoms. The van der Waals surface area contributed by atoms with Crippen molar-refractivity contribution < 1.29 is 14.3 Å². The SMILES string of the molecule is CN(C)c1ccc(-c2ccc(C[C@@H](C#N)NC(=O)[C@@H]3[C@H]4CC[C@H](C4)N3C(=O)OC(C)(C)C)cc2)cn1. The van der Waals surface area contributed by atoms with Gasteiger partial charge in [-0.25, -0.2) is 9.78 Å². The molecule has 190 valence electrons. The summed E-state index contributed by atoms with van der Waals surface area (Å²) < 4.78 is 5.58. The van der Waals surface area contributed by atoms with Crippen molar-refractivity contribution in [3.05, 3.63) is 48.2 Å². The predicted molar refractivity (Wildman–Crippen MR) is 138 cm³/mol. The van der Waals surface area contributed by atoms with E-state index in [-0.39, 0.29) is 17.9 Å². The lowest BCUT2D eigenvalue weighted by Gasteiger charge is -2.35. The van der Waals surface area contributed by atoms with Crippen LogP contribution in [-0.4, -0.2) is 59.7 Å². The van der Waals surface area contributed by atoms with Crippen LogP contribution in [0, 0.1) is 17.2 Å². The largest absolute Gasteiger partial charge is 0.444 e. The third-order valence-corrected chi connectivity index (χ3v) is 6.86. The van der Waals surface area contributed by atoms with Crippen LogP contribution in [0.2, 0.25) is 0 Å². The Bertz CT molecular complexity index is 1130. The topological polar surface area (TPSA) is 98.6 Å². The number of anilines is 1. The summed E-state index contributed by atoms with van der Waals surface area (Å²) in [5.41, 5.74) is 2.35. The average Bonchev–Trinajstić information content (AvgIpc) is 3.45. The van der Waals surface area contributed by atoms with Crippen molar-refractivity contribution in [2.75, 3.05) is 19.0 Å². The molecular formula is C28H35N5O3. The molecule has 8 nitrogen and oxygen atoms in total. The van der Waals surface area contributed by atoms with E-state index in [1.807, 2.05) is 82.4 Å². The van der Waals surface area contributed by atoms with Crippen molar-refractivity contribution in [2.45, 2.75) is 70.2 Å². The van der Waals surface area contributed by atoms with E-state index in [1.165, 1.54) is 0 Å². The fraction of sp³-hybridized carbons (Fsp3) is 0.500. The molecule has 2 fully saturated rings. The van der Waals surface area contributed by atoms with Gasteiger partial charge in [0, 0.05) is 38.3 Å². The number of carbonyl (C=O) groups is 2. The second kappa shape index (κ2) is 10.2. The number of fused-ring (bicyclic) bond motifs is 2. The fourth-order valence-corrected chi connectivity index (χ4v) is 5.18. The highest BCUT2D eigenvalue weighted by molar-refractivity contribution is 5.87. The van der Waals surface area contributed by atoms with E-state index in [0.29, 0.717) is 6.42 Å². The maximum Gasteiger partial charge on any atom is 0.411 e. The van der Waals surface area contributed by atoms with Crippen LogP contribution in [0.25, 0.3) is 11.1 Å². The number of hydrogen-bond donors (Lipinski definition) is 1. The first-order chi connectivity index (χ1) is 17.1. The first-order valence-electron chi connectivity index (χ1n) is 12.5. The number of benzene rings is 1. The molecule has 0 spiro atoms. The Morgan fingerprint density at radius 2 is 1.86 bits per heavy atom. The summed E-state index contributed by atoms with van der Waals surface area (Å²) in [6.45, 7) is 5.46. The number of hydrogen-bond acceptors (Lipinski definition) is 6. The van der Waals surface area contributed by atoms with Gasteiger partial charge in [-0.2, -0.15) is 5.26 Å². The molecule has 1 aromatic heterocycles. The standard InChI is InChI=1S/C28H35N5O3/c1-28(2,3)36-27(35)33-23-12-10-20(15-23)25(33)26(34)31-22(16-29)14-18-6-8-19(9-7-18)21-11-13-24(30-17-21)32(4)5/h6-9,11,13,17,20,22-23,25H,10,12,14-15H2,1-5H3,(H,31,34)/t20-,22-,23+,25-/m0/s1. The summed E-state index contributed by atoms with van der Waals surface area (Å²) in [5, 5.41) is 12.6. The minimum Gasteiger partial charge on any atom is -0.444 e. The van der Waals surface area contributed by atoms with Gasteiger partial charge in [-0.3, -0.25) is 9.69 Å². The number of pyridine rings is 1. The molecule has 1 aliphatic carbocycles. The van der Waals surface area contributed by atoms with E-state index in [2.05, 4.69) is 16.4 Å². The molecule has 0 unspecified atom stereocenters. The second-order valence-electron chi connectivity index (χ2n) is 11.0. The first kappa shape index (κ1) is 25.5. The molecule has 2 aliphatic rings. The summed E-state index contributed by atoms with van der Waals surface area (Å²) >= 11 is 0. The highest BCUT2D eigenvalue weighted by Gasteiger charge is 2.52. The number of aromatic nitrogens is 1. The monoisotopic (exact) mass is 489 g/mol. The summed E-state index contributed by atoms with van der Waals surface area (Å²) in [7, 11) is 3.90. The van der Waals surface area contributed by atoms with Gasteiger partial charge in [0.2, 0.25) is 5.91 Å². The van der Waals surface area contributed by atoms with Gasteiger partial charge in [0.25, 0.3) is 0 Å². The quantitative estimate of drug-likeness (QED) is 0.654. The van der Waals surface area contributed by atoms with Crippen molar-refractivity contribution in [2.24, 2.45) is 5.92 Å². The molecule has 1 aromatic carbocycles. The number of nitrogens with one attached hydrogen (secondary N) is 1. The van der Waals surface area contributed by atoms with Crippen LogP contribution >= 0.6 is 0 Å². The highest BCUT2D eigenvalue weighted by Crippen LogP contribution is 2.43. The Morgan fingerprint density at radius 3 is 2.44 bits per heavy atom. The normalized spacial score (nSPS) is 21.6. The molecule has 1 aliphatic heterocycles. The van der Waals surface area contributed by atoms with Gasteiger partial charge < -0.3 is 15.0 Å². The van der Waals surface area contributed by atoms with E-state index >= 15 is 0 Å². The number of nitrogens with zero attached hydrogens (tertiary/aromatic N) is 4. The van der Waals surface area contributed by atoms with E-state index in [4.69, 9.17) is 4.74 Å². The van der Waals surface area contributed by atoms with E-state index in [9.17, 15) is 14.9 Å². The number of piperidine rings is 1. The number of nitriles is 1. The summed E-state index contributed by atoms with van der Waals surface area (Å²) in [6, 6.07) is 12.9. The molecule has 4 atom stereocenters. The zero-order chi connectivity index (χ0) is 26.0. The van der Waals surface area contributed by atoms with Crippen molar-refractivity contribution in [3.63, 3.8) is 0 Å². The first-order valence-corrected chi connectivity index (χ1v) is 12.5. The highest BCUT2D eigenvalue weighted by atomic mass is 16.6. The lowest BCUT2D eigenvalue weighted by atomic mass is 9.97. The van der Waals surface area contributed by atoms with Crippen LogP contribution in [0.5, 0.6) is 0 Å². The van der Waals surface area contributed by atoms with Gasteiger partial charge in [0.15, 0.2) is 0 Å². The maximum absolute atomic E-state index is 13.3. The number of rotatable bonds is 6. The van der Waals surface area contributed by atoms with Crippen LogP contribution in [0.4, 0.5) is 10.6 Å². The summed E-state index contributed by atoms with van der Waals surface area (Å²) in [4.78, 5) is 34.1. The van der Waals surface area contributed by atoms with E-state index in [0.717, 1.165) is 41.8 Å². The second-order valence-corrected chi connectivity index (χ2v) is 11.0. The van der Waals surface area contributed by atoms with Crippen LogP contribution < -0.4 is 10.2 Å². The van der Waals surface area contributed by atoms with Crippen LogP contribution in [-0.2, 0) is 16.0 Å². The Hall–Kier alpha value is -3.60. The molecular weight excluding hydrogens is 454 g/mol. The Morgan fingerprint density at radius 1 is 1.17 bits per heavy atom. The number of ether oxygens (including phenoxy) is 1. The molecule has 1 saturated carbocycles. The lowest BCUT2D eigenvalue weighted by Crippen LogP contribution is -2.55. The zero-order valence-electron chi connectivity index (χ0n) is 21.7. The van der Waals surface area contributed by atoms with Gasteiger partial charge >= 0.3 is 6.09 Å². The van der Waals surface area contributed by atoms with Crippen LogP contribution in [0.3, 0.4) is 0 Å². The van der Waals surface area contributed by atoms with Crippen molar-refractivity contribution in [1.29, 1.82) is 5.26 Å².